The van der Waals surface area contributed by atoms with Crippen molar-refractivity contribution in [3.63, 3.8) is 0 Å². The van der Waals surface area contributed by atoms with Crippen LogP contribution in [0.4, 0.5) is 8.78 Å². The van der Waals surface area contributed by atoms with Crippen LogP contribution in [0.25, 0.3) is 21.1 Å². The van der Waals surface area contributed by atoms with Crippen molar-refractivity contribution < 1.29 is 28.3 Å². The number of carbonyl (C=O) groups is 2. The van der Waals surface area contributed by atoms with Crippen LogP contribution < -0.4 is 5.90 Å². The average molecular weight is 546 g/mol. The Morgan fingerprint density at radius 3 is 1.51 bits per heavy atom. The van der Waals surface area contributed by atoms with E-state index in [-0.39, 0.29) is 11.6 Å². The van der Waals surface area contributed by atoms with Crippen LogP contribution in [-0.4, -0.2) is 27.0 Å². The van der Waals surface area contributed by atoms with Crippen LogP contribution in [0.2, 0.25) is 0 Å². The van der Waals surface area contributed by atoms with Gasteiger partial charge in [-0.1, -0.05) is 0 Å². The summed E-state index contributed by atoms with van der Waals surface area (Å²) < 4.78 is 25.7. The van der Waals surface area contributed by atoms with Gasteiger partial charge in [0.05, 0.1) is 11.4 Å². The van der Waals surface area contributed by atoms with Gasteiger partial charge in [0.1, 0.15) is 32.5 Å². The molecule has 7 nitrogen and oxygen atoms in total. The highest BCUT2D eigenvalue weighted by atomic mass is 32.1. The SMILES string of the molecule is CC(C)(C(=O)O)c1csc(-c2ccc(F)cc2)n1.CC(C)(C(=O)ON)c1csc(-c2ccc(F)cc2)n1. The zero-order valence-corrected chi connectivity index (χ0v) is 22.1. The molecule has 0 bridgehead atoms. The number of hydrogen-bond acceptors (Lipinski definition) is 8. The molecule has 4 aromatic rings. The quantitative estimate of drug-likeness (QED) is 0.288. The number of nitrogens with two attached hydrogens (primary N) is 1. The molecular weight excluding hydrogens is 520 g/mol. The fraction of sp³-hybridized carbons (Fsp3) is 0.231. The number of aromatic nitrogens is 2. The fourth-order valence-electron chi connectivity index (χ4n) is 2.93. The summed E-state index contributed by atoms with van der Waals surface area (Å²) >= 11 is 2.74. The van der Waals surface area contributed by atoms with Gasteiger partial charge in [-0.25, -0.2) is 23.5 Å². The predicted molar refractivity (Wildman–Crippen MR) is 139 cm³/mol. The zero-order chi connectivity index (χ0) is 27.4. The van der Waals surface area contributed by atoms with Crippen LogP contribution >= 0.6 is 22.7 Å². The highest BCUT2D eigenvalue weighted by molar-refractivity contribution is 7.13. The minimum atomic E-state index is -1.02. The van der Waals surface area contributed by atoms with Gasteiger partial charge in [-0.2, -0.15) is 5.90 Å². The Kier molecular flexibility index (Phi) is 8.52. The number of aliphatic carboxylic acids is 1. The van der Waals surface area contributed by atoms with E-state index < -0.39 is 22.8 Å². The third-order valence-electron chi connectivity index (χ3n) is 5.62. The molecule has 0 fully saturated rings. The summed E-state index contributed by atoms with van der Waals surface area (Å²) in [5, 5.41) is 14.0. The lowest BCUT2D eigenvalue weighted by molar-refractivity contribution is -0.150. The van der Waals surface area contributed by atoms with E-state index in [1.165, 1.54) is 46.9 Å². The Bertz CT molecular complexity index is 1380. The van der Waals surface area contributed by atoms with E-state index >= 15 is 0 Å². The first-order valence-electron chi connectivity index (χ1n) is 10.9. The Labute approximate surface area is 220 Å². The molecule has 2 aromatic carbocycles. The number of halogens is 2. The number of carbonyl (C=O) groups excluding carboxylic acids is 1. The van der Waals surface area contributed by atoms with E-state index in [4.69, 9.17) is 11.0 Å². The summed E-state index contributed by atoms with van der Waals surface area (Å²) in [5.41, 5.74) is 0.744. The number of thiazole rings is 2. The molecule has 4 rings (SSSR count). The molecule has 0 unspecified atom stereocenters. The molecule has 2 aromatic heterocycles. The van der Waals surface area contributed by atoms with Gasteiger partial charge in [-0.05, 0) is 76.2 Å². The summed E-state index contributed by atoms with van der Waals surface area (Å²) in [6, 6.07) is 12.0. The molecule has 0 saturated heterocycles. The molecule has 194 valence electrons. The summed E-state index contributed by atoms with van der Waals surface area (Å²) in [6.45, 7) is 6.59. The van der Waals surface area contributed by atoms with Gasteiger partial charge in [-0.15, -0.1) is 22.7 Å². The molecule has 0 atom stereocenters. The third kappa shape index (κ3) is 6.43. The van der Waals surface area contributed by atoms with Crippen molar-refractivity contribution in [1.29, 1.82) is 0 Å². The van der Waals surface area contributed by atoms with Crippen molar-refractivity contribution in [2.24, 2.45) is 5.90 Å². The van der Waals surface area contributed by atoms with Crippen molar-refractivity contribution in [3.8, 4) is 21.1 Å². The molecule has 0 aliphatic heterocycles. The molecule has 3 N–H and O–H groups in total. The van der Waals surface area contributed by atoms with E-state index in [1.54, 1.807) is 62.7 Å². The Hall–Kier alpha value is -3.54. The number of rotatable bonds is 6. The van der Waals surface area contributed by atoms with Gasteiger partial charge in [0.25, 0.3) is 0 Å². The molecular formula is C26H25F2N3O4S2. The van der Waals surface area contributed by atoms with Crippen LogP contribution in [0.1, 0.15) is 39.1 Å². The van der Waals surface area contributed by atoms with E-state index in [9.17, 15) is 18.4 Å². The second-order valence-electron chi connectivity index (χ2n) is 9.05. The predicted octanol–water partition coefficient (Wildman–Crippen LogP) is 5.96. The van der Waals surface area contributed by atoms with Crippen LogP contribution in [0.3, 0.4) is 0 Å². The fourth-order valence-corrected chi connectivity index (χ4v) is 4.92. The second kappa shape index (κ2) is 11.2. The zero-order valence-electron chi connectivity index (χ0n) is 20.5. The Balaban J connectivity index is 0.000000206. The lowest BCUT2D eigenvalue weighted by Crippen LogP contribution is -2.33. The van der Waals surface area contributed by atoms with Crippen molar-refractivity contribution in [3.05, 3.63) is 82.3 Å². The lowest BCUT2D eigenvalue weighted by Gasteiger charge is -2.17. The van der Waals surface area contributed by atoms with E-state index in [1.807, 2.05) is 0 Å². The maximum atomic E-state index is 12.9. The van der Waals surface area contributed by atoms with E-state index in [2.05, 4.69) is 14.8 Å². The van der Waals surface area contributed by atoms with Gasteiger partial charge in [0.2, 0.25) is 0 Å². The van der Waals surface area contributed by atoms with E-state index in [0.29, 0.717) is 21.4 Å². The van der Waals surface area contributed by atoms with Gasteiger partial charge in [-0.3, -0.25) is 4.79 Å². The maximum absolute atomic E-state index is 12.9. The second-order valence-corrected chi connectivity index (χ2v) is 10.8. The first-order chi connectivity index (χ1) is 17.4. The molecule has 37 heavy (non-hydrogen) atoms. The van der Waals surface area contributed by atoms with Gasteiger partial charge in [0, 0.05) is 21.9 Å². The molecule has 0 amide bonds. The topological polar surface area (TPSA) is 115 Å². The largest absolute Gasteiger partial charge is 0.481 e. The molecule has 0 spiro atoms. The van der Waals surface area contributed by atoms with Gasteiger partial charge >= 0.3 is 11.9 Å². The number of hydrogen-bond donors (Lipinski definition) is 2. The summed E-state index contributed by atoms with van der Waals surface area (Å²) in [4.78, 5) is 35.7. The van der Waals surface area contributed by atoms with Gasteiger partial charge < -0.3 is 9.94 Å². The molecule has 0 radical (unpaired) electrons. The molecule has 0 aliphatic rings. The van der Waals surface area contributed by atoms with Crippen molar-refractivity contribution in [1.82, 2.24) is 9.97 Å². The molecule has 2 heterocycles. The summed E-state index contributed by atoms with van der Waals surface area (Å²) in [5.74, 6) is 2.84. The first kappa shape index (κ1) is 28.0. The Morgan fingerprint density at radius 2 is 1.16 bits per heavy atom. The number of carboxylic acid groups (broad SMARTS) is 1. The minimum absolute atomic E-state index is 0.299. The first-order valence-corrected chi connectivity index (χ1v) is 12.7. The number of carboxylic acids is 1. The van der Waals surface area contributed by atoms with Crippen LogP contribution in [0, 0.1) is 11.6 Å². The molecule has 0 aliphatic carbocycles. The third-order valence-corrected chi connectivity index (χ3v) is 7.41. The highest BCUT2D eigenvalue weighted by Gasteiger charge is 2.34. The Morgan fingerprint density at radius 1 is 0.784 bits per heavy atom. The minimum Gasteiger partial charge on any atom is -0.481 e. The van der Waals surface area contributed by atoms with E-state index in [0.717, 1.165) is 11.1 Å². The van der Waals surface area contributed by atoms with Gasteiger partial charge in [0.15, 0.2) is 0 Å². The van der Waals surface area contributed by atoms with Crippen LogP contribution in [-0.2, 0) is 25.3 Å². The monoisotopic (exact) mass is 545 g/mol. The number of nitrogens with zero attached hydrogens (tertiary/aromatic N) is 2. The highest BCUT2D eigenvalue weighted by Crippen LogP contribution is 2.31. The molecule has 0 saturated carbocycles. The normalized spacial score (nSPS) is 11.4. The average Bonchev–Trinajstić information content (AvgIpc) is 3.56. The number of benzene rings is 2. The smallest absolute Gasteiger partial charge is 0.336 e. The summed E-state index contributed by atoms with van der Waals surface area (Å²) in [7, 11) is 0. The van der Waals surface area contributed by atoms with Crippen molar-refractivity contribution in [2.45, 2.75) is 38.5 Å². The maximum Gasteiger partial charge on any atom is 0.336 e. The van der Waals surface area contributed by atoms with Crippen LogP contribution in [0.5, 0.6) is 0 Å². The lowest BCUT2D eigenvalue weighted by atomic mass is 9.90. The van der Waals surface area contributed by atoms with Crippen molar-refractivity contribution in [2.75, 3.05) is 0 Å². The summed E-state index contributed by atoms with van der Waals surface area (Å²) in [6.07, 6.45) is 0. The van der Waals surface area contributed by atoms with Crippen LogP contribution in [0.15, 0.2) is 59.3 Å². The van der Waals surface area contributed by atoms with Crippen molar-refractivity contribution >= 4 is 34.6 Å². The molecule has 11 heteroatoms. The standard InChI is InChI=1S/C13H13FN2O2S.C13H12FNO2S/c1-13(2,12(17)18-15)10-7-19-11(16-10)8-3-5-9(14)6-4-8;1-13(2,12(16)17)10-7-18-11(15-10)8-3-5-9(14)6-4-8/h3-7H,15H2,1-2H3;3-7H,1-2H3,(H,16,17).